The van der Waals surface area contributed by atoms with Crippen LogP contribution in [-0.2, 0) is 10.8 Å². The number of para-hydroxylation sites is 2. The Hall–Kier alpha value is -2.74. The Kier molecular flexibility index (Phi) is 12.4. The number of unbranched alkanes of at least 4 members (excludes halogenated alkanes) is 8. The lowest BCUT2D eigenvalue weighted by atomic mass is 9.80. The third-order valence-corrected chi connectivity index (χ3v) is 10.3. The predicted molar refractivity (Wildman–Crippen MR) is 195 cm³/mol. The van der Waals surface area contributed by atoms with Gasteiger partial charge in [-0.1, -0.05) is 161 Å². The third kappa shape index (κ3) is 7.72. The molecule has 1 unspecified atom stereocenters. The van der Waals surface area contributed by atoms with Crippen LogP contribution >= 0.6 is 0 Å². The van der Waals surface area contributed by atoms with E-state index in [0.29, 0.717) is 6.04 Å². The highest BCUT2D eigenvalue weighted by Gasteiger charge is 2.43. The van der Waals surface area contributed by atoms with Gasteiger partial charge in [0.1, 0.15) is 0 Å². The summed E-state index contributed by atoms with van der Waals surface area (Å²) in [4.78, 5) is 5.33. The number of benzene rings is 2. The van der Waals surface area contributed by atoms with Gasteiger partial charge >= 0.3 is 0 Å². The third-order valence-electron chi connectivity index (χ3n) is 10.3. The zero-order valence-electron chi connectivity index (χ0n) is 29.3. The summed E-state index contributed by atoms with van der Waals surface area (Å²) < 4.78 is 0. The second-order valence-electron chi connectivity index (χ2n) is 14.4. The molecule has 2 aromatic carbocycles. The van der Waals surface area contributed by atoms with Gasteiger partial charge in [0.2, 0.25) is 0 Å². The molecule has 0 aromatic heterocycles. The maximum atomic E-state index is 2.71. The van der Waals surface area contributed by atoms with Crippen molar-refractivity contribution in [3.63, 3.8) is 0 Å². The Morgan fingerprint density at radius 2 is 1.27 bits per heavy atom. The van der Waals surface area contributed by atoms with E-state index in [-0.39, 0.29) is 10.8 Å². The molecule has 1 atom stereocenters. The predicted octanol–water partition coefficient (Wildman–Crippen LogP) is 12.1. The van der Waals surface area contributed by atoms with Crippen LogP contribution in [0.25, 0.3) is 0 Å². The molecule has 0 saturated carbocycles. The Morgan fingerprint density at radius 1 is 0.682 bits per heavy atom. The summed E-state index contributed by atoms with van der Waals surface area (Å²) in [6.45, 7) is 18.9. The van der Waals surface area contributed by atoms with Gasteiger partial charge in [0.15, 0.2) is 0 Å². The van der Waals surface area contributed by atoms with Crippen LogP contribution in [0.2, 0.25) is 0 Å². The number of allylic oxidation sites excluding steroid dienone is 5. The maximum absolute atomic E-state index is 2.71. The number of fused-ring (bicyclic) bond motifs is 2. The lowest BCUT2D eigenvalue weighted by molar-refractivity contribution is 0.468. The minimum Gasteiger partial charge on any atom is -0.364 e. The Balaban J connectivity index is 1.60. The van der Waals surface area contributed by atoms with Gasteiger partial charge < -0.3 is 9.80 Å². The molecule has 2 heterocycles. The largest absolute Gasteiger partial charge is 0.364 e. The highest BCUT2D eigenvalue weighted by Crippen LogP contribution is 2.48. The molecule has 0 saturated heterocycles. The molecular formula is C42H62N2. The number of hydrogen-bond donors (Lipinski definition) is 0. The normalized spacial score (nSPS) is 19.8. The molecule has 0 aliphatic carbocycles. The second kappa shape index (κ2) is 16.0. The summed E-state index contributed by atoms with van der Waals surface area (Å²) in [5.74, 6) is 0. The number of nitrogens with zero attached hydrogens (tertiary/aromatic N) is 2. The molecule has 0 N–H and O–H groups in total. The van der Waals surface area contributed by atoms with E-state index in [1.165, 1.54) is 98.0 Å². The summed E-state index contributed by atoms with van der Waals surface area (Å²) in [5.41, 5.74) is 8.75. The molecule has 2 aliphatic rings. The van der Waals surface area contributed by atoms with Crippen molar-refractivity contribution in [2.75, 3.05) is 22.9 Å². The van der Waals surface area contributed by atoms with E-state index in [4.69, 9.17) is 0 Å². The van der Waals surface area contributed by atoms with E-state index in [0.717, 1.165) is 25.9 Å². The molecule has 2 nitrogen and oxygen atoms in total. The van der Waals surface area contributed by atoms with E-state index >= 15 is 0 Å². The molecule has 0 amide bonds. The maximum Gasteiger partial charge on any atom is 0.0568 e. The van der Waals surface area contributed by atoms with Gasteiger partial charge in [0.25, 0.3) is 0 Å². The standard InChI is InChI=1S/C42H62N2/c1-8-11-13-15-21-32-43-37-26-19-17-24-35(37)41(4,5)39(43)30-28-34(23-10-3)29-31-40-42(6,7)36-25-18-20-27-38(36)44(40)33-22-16-14-12-9-2/h17-20,24-31,39H,8-16,21-23,32-33H2,1-7H3/b30-28+,34-29+,40-31-. The first-order valence-electron chi connectivity index (χ1n) is 18.1. The van der Waals surface area contributed by atoms with Crippen molar-refractivity contribution in [2.45, 2.75) is 142 Å². The lowest BCUT2D eigenvalue weighted by Gasteiger charge is -2.32. The molecule has 4 rings (SSSR count). The SMILES string of the molecule is CCCCCCCN1\C(=C/C=C(/C=C/C2N(CCCCCCC)c3ccccc3C2(C)C)CCC)C(C)(C)c2ccccc21. The van der Waals surface area contributed by atoms with E-state index in [1.807, 2.05) is 0 Å². The fourth-order valence-electron chi connectivity index (χ4n) is 7.62. The average molecular weight is 595 g/mol. The van der Waals surface area contributed by atoms with Gasteiger partial charge in [-0.15, -0.1) is 0 Å². The summed E-state index contributed by atoms with van der Waals surface area (Å²) >= 11 is 0. The zero-order chi connectivity index (χ0) is 31.6. The van der Waals surface area contributed by atoms with Crippen molar-refractivity contribution in [2.24, 2.45) is 0 Å². The van der Waals surface area contributed by atoms with Crippen molar-refractivity contribution in [1.82, 2.24) is 0 Å². The summed E-state index contributed by atoms with van der Waals surface area (Å²) in [6.07, 6.45) is 25.3. The molecular weight excluding hydrogens is 532 g/mol. The van der Waals surface area contributed by atoms with Gasteiger partial charge in [0.05, 0.1) is 6.04 Å². The summed E-state index contributed by atoms with van der Waals surface area (Å²) in [5, 5.41) is 0. The first-order chi connectivity index (χ1) is 21.3. The number of anilines is 2. The fourth-order valence-corrected chi connectivity index (χ4v) is 7.62. The van der Waals surface area contributed by atoms with Crippen LogP contribution in [-0.4, -0.2) is 19.1 Å². The second-order valence-corrected chi connectivity index (χ2v) is 14.4. The van der Waals surface area contributed by atoms with Gasteiger partial charge in [-0.2, -0.15) is 0 Å². The van der Waals surface area contributed by atoms with E-state index < -0.39 is 0 Å². The molecule has 2 heteroatoms. The van der Waals surface area contributed by atoms with E-state index in [1.54, 1.807) is 0 Å². The van der Waals surface area contributed by atoms with Crippen LogP contribution in [0.4, 0.5) is 11.4 Å². The van der Waals surface area contributed by atoms with Crippen molar-refractivity contribution in [1.29, 1.82) is 0 Å². The molecule has 0 bridgehead atoms. The summed E-state index contributed by atoms with van der Waals surface area (Å²) in [7, 11) is 0. The van der Waals surface area contributed by atoms with Crippen molar-refractivity contribution < 1.29 is 0 Å². The molecule has 2 aromatic rings. The van der Waals surface area contributed by atoms with Crippen LogP contribution in [0.1, 0.15) is 137 Å². The molecule has 0 radical (unpaired) electrons. The molecule has 240 valence electrons. The number of hydrogen-bond acceptors (Lipinski definition) is 2. The smallest absolute Gasteiger partial charge is 0.0568 e. The van der Waals surface area contributed by atoms with Crippen LogP contribution in [0.3, 0.4) is 0 Å². The van der Waals surface area contributed by atoms with Gasteiger partial charge in [-0.05, 0) is 54.2 Å². The lowest BCUT2D eigenvalue weighted by Crippen LogP contribution is -2.40. The molecule has 0 fully saturated rings. The van der Waals surface area contributed by atoms with Crippen molar-refractivity contribution >= 4 is 11.4 Å². The van der Waals surface area contributed by atoms with Gasteiger partial charge in [-0.25, -0.2) is 0 Å². The first-order valence-corrected chi connectivity index (χ1v) is 18.1. The Bertz CT molecular complexity index is 1280. The summed E-state index contributed by atoms with van der Waals surface area (Å²) in [6, 6.07) is 18.6. The molecule has 0 spiro atoms. The van der Waals surface area contributed by atoms with Crippen molar-refractivity contribution in [3.05, 3.63) is 95.2 Å². The Labute approximate surface area is 271 Å². The Morgan fingerprint density at radius 3 is 1.93 bits per heavy atom. The van der Waals surface area contributed by atoms with Gasteiger partial charge in [-0.3, -0.25) is 0 Å². The fraction of sp³-hybridized carbons (Fsp3) is 0.571. The van der Waals surface area contributed by atoms with Crippen LogP contribution in [0.15, 0.2) is 84.1 Å². The average Bonchev–Trinajstić information content (AvgIpc) is 3.37. The minimum atomic E-state index is 0.00120. The van der Waals surface area contributed by atoms with E-state index in [2.05, 4.69) is 131 Å². The highest BCUT2D eigenvalue weighted by molar-refractivity contribution is 5.71. The van der Waals surface area contributed by atoms with Crippen LogP contribution in [0, 0.1) is 0 Å². The zero-order valence-corrected chi connectivity index (χ0v) is 29.3. The monoisotopic (exact) mass is 594 g/mol. The highest BCUT2D eigenvalue weighted by atomic mass is 15.2. The van der Waals surface area contributed by atoms with Crippen LogP contribution < -0.4 is 9.80 Å². The quantitative estimate of drug-likeness (QED) is 0.133. The van der Waals surface area contributed by atoms with Gasteiger partial charge in [0, 0.05) is 41.0 Å². The van der Waals surface area contributed by atoms with Crippen molar-refractivity contribution in [3.8, 4) is 0 Å². The molecule has 2 aliphatic heterocycles. The first kappa shape index (κ1) is 34.1. The van der Waals surface area contributed by atoms with E-state index in [9.17, 15) is 0 Å². The van der Waals surface area contributed by atoms with Crippen LogP contribution in [0.5, 0.6) is 0 Å². The number of rotatable bonds is 17. The topological polar surface area (TPSA) is 6.48 Å². The molecule has 44 heavy (non-hydrogen) atoms. The minimum absolute atomic E-state index is 0.00120.